The first-order chi connectivity index (χ1) is 9.61. The second-order valence-corrected chi connectivity index (χ2v) is 5.22. The molecule has 1 saturated heterocycles. The predicted molar refractivity (Wildman–Crippen MR) is 82.7 cm³/mol. The number of halogens is 2. The van der Waals surface area contributed by atoms with Crippen molar-refractivity contribution >= 4 is 18.3 Å². The largest absolute Gasteiger partial charge is 0.494 e. The molecular formula is C15H22ClFN2O2. The third-order valence-corrected chi connectivity index (χ3v) is 3.81. The smallest absolute Gasteiger partial charge is 0.251 e. The van der Waals surface area contributed by atoms with Gasteiger partial charge in [0.15, 0.2) is 11.6 Å². The van der Waals surface area contributed by atoms with Crippen LogP contribution in [0.3, 0.4) is 0 Å². The summed E-state index contributed by atoms with van der Waals surface area (Å²) < 4.78 is 18.2. The van der Waals surface area contributed by atoms with E-state index in [0.717, 1.165) is 25.9 Å². The van der Waals surface area contributed by atoms with Crippen molar-refractivity contribution in [1.82, 2.24) is 10.6 Å². The topological polar surface area (TPSA) is 50.4 Å². The van der Waals surface area contributed by atoms with Crippen molar-refractivity contribution in [1.29, 1.82) is 0 Å². The first kappa shape index (κ1) is 17.7. The van der Waals surface area contributed by atoms with Crippen LogP contribution in [0.25, 0.3) is 0 Å². The lowest BCUT2D eigenvalue weighted by molar-refractivity contribution is 0.0921. The molecule has 0 spiro atoms. The molecule has 6 heteroatoms. The van der Waals surface area contributed by atoms with Crippen molar-refractivity contribution in [3.63, 3.8) is 0 Å². The highest BCUT2D eigenvalue weighted by molar-refractivity contribution is 5.94. The minimum Gasteiger partial charge on any atom is -0.494 e. The van der Waals surface area contributed by atoms with Crippen molar-refractivity contribution in [3.8, 4) is 5.75 Å². The Labute approximate surface area is 130 Å². The van der Waals surface area contributed by atoms with Crippen molar-refractivity contribution < 1.29 is 13.9 Å². The molecule has 2 atom stereocenters. The van der Waals surface area contributed by atoms with Gasteiger partial charge in [0, 0.05) is 11.6 Å². The van der Waals surface area contributed by atoms with Gasteiger partial charge in [-0.25, -0.2) is 4.39 Å². The molecule has 1 aromatic rings. The van der Waals surface area contributed by atoms with Crippen molar-refractivity contribution in [2.24, 2.45) is 5.92 Å². The highest BCUT2D eigenvalue weighted by atomic mass is 35.5. The first-order valence-corrected chi connectivity index (χ1v) is 6.97. The van der Waals surface area contributed by atoms with E-state index in [9.17, 15) is 9.18 Å². The SMILES string of the molecule is COc1cc(C(=O)NC(C)C2CCCNC2)ccc1F.Cl. The minimum absolute atomic E-state index is 0. The average molecular weight is 317 g/mol. The Kier molecular flexibility index (Phi) is 6.92. The van der Waals surface area contributed by atoms with Gasteiger partial charge < -0.3 is 15.4 Å². The van der Waals surface area contributed by atoms with E-state index in [1.54, 1.807) is 0 Å². The number of benzene rings is 1. The molecule has 2 N–H and O–H groups in total. The third kappa shape index (κ3) is 4.58. The van der Waals surface area contributed by atoms with Crippen LogP contribution in [0.15, 0.2) is 18.2 Å². The molecule has 0 aliphatic carbocycles. The normalized spacial score (nSPS) is 19.3. The summed E-state index contributed by atoms with van der Waals surface area (Å²) in [6.07, 6.45) is 2.25. The van der Waals surface area contributed by atoms with Crippen molar-refractivity contribution in [2.75, 3.05) is 20.2 Å². The van der Waals surface area contributed by atoms with E-state index in [1.165, 1.54) is 25.3 Å². The molecule has 4 nitrogen and oxygen atoms in total. The molecule has 0 bridgehead atoms. The summed E-state index contributed by atoms with van der Waals surface area (Å²) in [4.78, 5) is 12.2. The van der Waals surface area contributed by atoms with Gasteiger partial charge in [0.2, 0.25) is 0 Å². The van der Waals surface area contributed by atoms with Gasteiger partial charge in [-0.05, 0) is 57.0 Å². The van der Waals surface area contributed by atoms with Crippen LogP contribution in [0.4, 0.5) is 4.39 Å². The number of rotatable bonds is 4. The van der Waals surface area contributed by atoms with Crippen molar-refractivity contribution in [2.45, 2.75) is 25.8 Å². The Morgan fingerprint density at radius 2 is 2.29 bits per heavy atom. The molecule has 1 aliphatic heterocycles. The summed E-state index contributed by atoms with van der Waals surface area (Å²) in [7, 11) is 1.39. The Balaban J connectivity index is 0.00000220. The zero-order valence-corrected chi connectivity index (χ0v) is 13.1. The van der Waals surface area contributed by atoms with Gasteiger partial charge in [-0.3, -0.25) is 4.79 Å². The van der Waals surface area contributed by atoms with Gasteiger partial charge in [-0.15, -0.1) is 12.4 Å². The molecule has 118 valence electrons. The lowest BCUT2D eigenvalue weighted by Gasteiger charge is -2.29. The van der Waals surface area contributed by atoms with Crippen LogP contribution in [0.2, 0.25) is 0 Å². The van der Waals surface area contributed by atoms with Crippen LogP contribution in [0.1, 0.15) is 30.1 Å². The van der Waals surface area contributed by atoms with Crippen LogP contribution >= 0.6 is 12.4 Å². The maximum Gasteiger partial charge on any atom is 0.251 e. The Bertz CT molecular complexity index is 479. The quantitative estimate of drug-likeness (QED) is 0.896. The van der Waals surface area contributed by atoms with Gasteiger partial charge in [-0.2, -0.15) is 0 Å². The molecule has 1 aromatic carbocycles. The molecule has 0 saturated carbocycles. The van der Waals surface area contributed by atoms with Gasteiger partial charge in [-0.1, -0.05) is 0 Å². The van der Waals surface area contributed by atoms with Crippen LogP contribution in [-0.2, 0) is 0 Å². The summed E-state index contributed by atoms with van der Waals surface area (Å²) in [6, 6.07) is 4.24. The summed E-state index contributed by atoms with van der Waals surface area (Å²) in [6.45, 7) is 3.98. The molecule has 1 fully saturated rings. The van der Waals surface area contributed by atoms with E-state index in [0.29, 0.717) is 11.5 Å². The van der Waals surface area contributed by atoms with E-state index < -0.39 is 5.82 Å². The van der Waals surface area contributed by atoms with E-state index in [1.807, 2.05) is 6.92 Å². The Morgan fingerprint density at radius 1 is 1.52 bits per heavy atom. The standard InChI is InChI=1S/C15H21FN2O2.ClH/c1-10(12-4-3-7-17-9-12)18-15(19)11-5-6-13(16)14(8-11)20-2;/h5-6,8,10,12,17H,3-4,7,9H2,1-2H3,(H,18,19);1H. The predicted octanol–water partition coefficient (Wildman–Crippen LogP) is 2.37. The van der Waals surface area contributed by atoms with E-state index in [2.05, 4.69) is 10.6 Å². The second kappa shape index (κ2) is 8.20. The fourth-order valence-electron chi connectivity index (χ4n) is 2.51. The van der Waals surface area contributed by atoms with Crippen LogP contribution < -0.4 is 15.4 Å². The molecule has 1 heterocycles. The number of nitrogens with one attached hydrogen (secondary N) is 2. The molecule has 1 amide bonds. The maximum atomic E-state index is 13.3. The number of carbonyl (C=O) groups excluding carboxylic acids is 1. The maximum absolute atomic E-state index is 13.3. The highest BCUT2D eigenvalue weighted by Gasteiger charge is 2.22. The van der Waals surface area contributed by atoms with Gasteiger partial charge in [0.1, 0.15) is 0 Å². The third-order valence-electron chi connectivity index (χ3n) is 3.81. The summed E-state index contributed by atoms with van der Waals surface area (Å²) in [5.41, 5.74) is 0.416. The number of hydrogen-bond acceptors (Lipinski definition) is 3. The first-order valence-electron chi connectivity index (χ1n) is 6.97. The minimum atomic E-state index is -0.464. The molecule has 1 aliphatic rings. The van der Waals surface area contributed by atoms with E-state index in [4.69, 9.17) is 4.74 Å². The van der Waals surface area contributed by atoms with Crippen LogP contribution in [0.5, 0.6) is 5.75 Å². The monoisotopic (exact) mass is 316 g/mol. The van der Waals surface area contributed by atoms with E-state index >= 15 is 0 Å². The van der Waals surface area contributed by atoms with Gasteiger partial charge >= 0.3 is 0 Å². The van der Waals surface area contributed by atoms with Crippen LogP contribution in [-0.4, -0.2) is 32.1 Å². The molecule has 0 aromatic heterocycles. The number of hydrogen-bond donors (Lipinski definition) is 2. The zero-order valence-electron chi connectivity index (χ0n) is 12.3. The number of amides is 1. The number of ether oxygens (including phenoxy) is 1. The zero-order chi connectivity index (χ0) is 14.5. The number of piperidine rings is 1. The average Bonchev–Trinajstić information content (AvgIpc) is 2.48. The molecule has 2 unspecified atom stereocenters. The second-order valence-electron chi connectivity index (χ2n) is 5.22. The summed E-state index contributed by atoms with van der Waals surface area (Å²) in [5, 5.41) is 6.31. The molecule has 2 rings (SSSR count). The Morgan fingerprint density at radius 3 is 2.90 bits per heavy atom. The molecule has 21 heavy (non-hydrogen) atoms. The van der Waals surface area contributed by atoms with Crippen LogP contribution in [0, 0.1) is 11.7 Å². The molecular weight excluding hydrogens is 295 g/mol. The lowest BCUT2D eigenvalue weighted by atomic mass is 9.92. The fourth-order valence-corrected chi connectivity index (χ4v) is 2.51. The van der Waals surface area contributed by atoms with Gasteiger partial charge in [0.05, 0.1) is 7.11 Å². The van der Waals surface area contributed by atoms with Gasteiger partial charge in [0.25, 0.3) is 5.91 Å². The highest BCUT2D eigenvalue weighted by Crippen LogP contribution is 2.19. The number of carbonyl (C=O) groups is 1. The summed E-state index contributed by atoms with van der Waals surface area (Å²) in [5.74, 6) is -0.130. The summed E-state index contributed by atoms with van der Waals surface area (Å²) >= 11 is 0. The van der Waals surface area contributed by atoms with E-state index in [-0.39, 0.29) is 30.1 Å². The Hall–Kier alpha value is -1.33. The fraction of sp³-hybridized carbons (Fsp3) is 0.533. The molecule has 0 radical (unpaired) electrons. The lowest BCUT2D eigenvalue weighted by Crippen LogP contribution is -2.44. The number of methoxy groups -OCH3 is 1. The van der Waals surface area contributed by atoms with Crippen molar-refractivity contribution in [3.05, 3.63) is 29.6 Å².